The van der Waals surface area contributed by atoms with E-state index in [1.54, 1.807) is 0 Å². The van der Waals surface area contributed by atoms with Gasteiger partial charge in [0.15, 0.2) is 0 Å². The molecule has 0 aliphatic carbocycles. The molecule has 2 aromatic carbocycles. The lowest BCUT2D eigenvalue weighted by Gasteiger charge is -2.28. The maximum atomic E-state index is 13.6. The molecule has 39 heavy (non-hydrogen) atoms. The number of nitrogens with zero attached hydrogens (tertiary/aromatic N) is 1. The molecule has 0 spiro atoms. The van der Waals surface area contributed by atoms with E-state index >= 15 is 0 Å². The Morgan fingerprint density at radius 3 is 2.49 bits per heavy atom. The molecule has 1 fully saturated rings. The molecule has 1 aliphatic rings. The lowest BCUT2D eigenvalue weighted by molar-refractivity contribution is -0.119. The third-order valence-electron chi connectivity index (χ3n) is 7.59. The van der Waals surface area contributed by atoms with Crippen LogP contribution in [0.15, 0.2) is 48.5 Å². The number of rotatable bonds is 15. The Balaban J connectivity index is 1.75. The van der Waals surface area contributed by atoms with Gasteiger partial charge in [0.2, 0.25) is 5.91 Å². The number of hydrogen-bond donors (Lipinski definition) is 3. The number of hydrogen-bond acceptors (Lipinski definition) is 4. The van der Waals surface area contributed by atoms with E-state index in [9.17, 15) is 14.7 Å². The van der Waals surface area contributed by atoms with Gasteiger partial charge in [-0.25, -0.2) is 0 Å². The lowest BCUT2D eigenvalue weighted by atomic mass is 9.98. The number of amides is 2. The largest absolute Gasteiger partial charge is 0.390 e. The quantitative estimate of drug-likeness (QED) is 0.275. The molecular weight excluding hydrogens is 486 g/mol. The van der Waals surface area contributed by atoms with Crippen molar-refractivity contribution in [2.24, 2.45) is 5.92 Å². The smallest absolute Gasteiger partial charge is 0.251 e. The number of nitrogens with one attached hydrogen (secondary N) is 2. The SMILES string of the molecule is CCCc1cc(C(=O)NC(Cc2ccccc2)C(O)CNC(C)CCCC(C)C)cc(N2CCCCC2=O)c1. The number of aryl methyl sites for hydroxylation is 1. The summed E-state index contributed by atoms with van der Waals surface area (Å²) in [7, 11) is 0. The van der Waals surface area contributed by atoms with Crippen molar-refractivity contribution in [3.8, 4) is 0 Å². The first-order chi connectivity index (χ1) is 18.8. The molecule has 3 unspecified atom stereocenters. The zero-order valence-corrected chi connectivity index (χ0v) is 24.4. The van der Waals surface area contributed by atoms with Crippen molar-refractivity contribution in [2.75, 3.05) is 18.0 Å². The van der Waals surface area contributed by atoms with Crippen LogP contribution in [0.25, 0.3) is 0 Å². The highest BCUT2D eigenvalue weighted by Gasteiger charge is 2.25. The summed E-state index contributed by atoms with van der Waals surface area (Å²) in [5.74, 6) is 0.591. The predicted molar refractivity (Wildman–Crippen MR) is 160 cm³/mol. The first-order valence-corrected chi connectivity index (χ1v) is 15.0. The highest BCUT2D eigenvalue weighted by atomic mass is 16.3. The molecule has 3 N–H and O–H groups in total. The molecule has 1 saturated heterocycles. The average Bonchev–Trinajstić information content (AvgIpc) is 2.92. The minimum atomic E-state index is -0.747. The van der Waals surface area contributed by atoms with Crippen molar-refractivity contribution in [3.63, 3.8) is 0 Å². The zero-order valence-electron chi connectivity index (χ0n) is 24.4. The van der Waals surface area contributed by atoms with Gasteiger partial charge in [-0.15, -0.1) is 0 Å². The standard InChI is InChI=1S/C33H49N3O3/c1-5-12-27-19-28(22-29(20-27)36-18-10-9-17-32(36)38)33(39)35-30(21-26-15-7-6-8-16-26)31(37)23-34-25(4)14-11-13-24(2)3/h6-8,15-16,19-20,22,24-25,30-31,34,37H,5,9-14,17-18,21,23H2,1-4H3,(H,35,39). The Morgan fingerprint density at radius 2 is 1.79 bits per heavy atom. The van der Waals surface area contributed by atoms with Crippen LogP contribution < -0.4 is 15.5 Å². The van der Waals surface area contributed by atoms with Gasteiger partial charge in [-0.05, 0) is 74.3 Å². The summed E-state index contributed by atoms with van der Waals surface area (Å²) in [5, 5.41) is 17.8. The number of carbonyl (C=O) groups excluding carboxylic acids is 2. The Morgan fingerprint density at radius 1 is 1.03 bits per heavy atom. The molecule has 1 heterocycles. The van der Waals surface area contributed by atoms with Gasteiger partial charge in [0.05, 0.1) is 12.1 Å². The third-order valence-corrected chi connectivity index (χ3v) is 7.59. The fourth-order valence-electron chi connectivity index (χ4n) is 5.27. The van der Waals surface area contributed by atoms with Gasteiger partial charge in [0.1, 0.15) is 0 Å². The first kappa shape index (κ1) is 30.8. The first-order valence-electron chi connectivity index (χ1n) is 15.0. The van der Waals surface area contributed by atoms with Crippen LogP contribution >= 0.6 is 0 Å². The van der Waals surface area contributed by atoms with Gasteiger partial charge >= 0.3 is 0 Å². The Labute approximate surface area is 235 Å². The van der Waals surface area contributed by atoms with E-state index in [-0.39, 0.29) is 11.8 Å². The fraction of sp³-hybridized carbons (Fsp3) is 0.576. The Kier molecular flexibility index (Phi) is 12.5. The molecule has 6 nitrogen and oxygen atoms in total. The number of anilines is 1. The molecule has 0 bridgehead atoms. The summed E-state index contributed by atoms with van der Waals surface area (Å²) in [5.41, 5.74) is 3.45. The molecule has 2 aromatic rings. The van der Waals surface area contributed by atoms with E-state index in [0.717, 1.165) is 55.3 Å². The van der Waals surface area contributed by atoms with Gasteiger partial charge in [-0.2, -0.15) is 0 Å². The second-order valence-electron chi connectivity index (χ2n) is 11.6. The van der Waals surface area contributed by atoms with E-state index in [2.05, 4.69) is 38.3 Å². The van der Waals surface area contributed by atoms with E-state index in [0.29, 0.717) is 43.5 Å². The lowest BCUT2D eigenvalue weighted by Crippen LogP contribution is -2.49. The molecule has 6 heteroatoms. The number of carbonyl (C=O) groups is 2. The second kappa shape index (κ2) is 15.8. The zero-order chi connectivity index (χ0) is 28.2. The van der Waals surface area contributed by atoms with Gasteiger partial charge in [0.25, 0.3) is 5.91 Å². The molecule has 2 amide bonds. The maximum Gasteiger partial charge on any atom is 0.251 e. The maximum absolute atomic E-state index is 13.6. The molecular formula is C33H49N3O3. The normalized spacial score (nSPS) is 16.3. The van der Waals surface area contributed by atoms with Crippen LogP contribution in [0.3, 0.4) is 0 Å². The minimum Gasteiger partial charge on any atom is -0.390 e. The molecule has 1 aliphatic heterocycles. The summed E-state index contributed by atoms with van der Waals surface area (Å²) in [6, 6.07) is 15.6. The third kappa shape index (κ3) is 10.1. The van der Waals surface area contributed by atoms with Gasteiger partial charge in [-0.1, -0.05) is 70.4 Å². The summed E-state index contributed by atoms with van der Waals surface area (Å²) >= 11 is 0. The number of aliphatic hydroxyl groups excluding tert-OH is 1. The van der Waals surface area contributed by atoms with Crippen molar-refractivity contribution in [1.82, 2.24) is 10.6 Å². The van der Waals surface area contributed by atoms with Crippen LogP contribution in [0.4, 0.5) is 5.69 Å². The van der Waals surface area contributed by atoms with E-state index in [1.807, 2.05) is 53.4 Å². The summed E-state index contributed by atoms with van der Waals surface area (Å²) < 4.78 is 0. The second-order valence-corrected chi connectivity index (χ2v) is 11.6. The van der Waals surface area contributed by atoms with Gasteiger partial charge in [-0.3, -0.25) is 9.59 Å². The number of piperidine rings is 1. The van der Waals surface area contributed by atoms with Crippen LogP contribution in [0.5, 0.6) is 0 Å². The monoisotopic (exact) mass is 535 g/mol. The molecule has 3 rings (SSSR count). The highest BCUT2D eigenvalue weighted by molar-refractivity contribution is 5.99. The highest BCUT2D eigenvalue weighted by Crippen LogP contribution is 2.25. The molecule has 0 aromatic heterocycles. The van der Waals surface area contributed by atoms with E-state index in [4.69, 9.17) is 0 Å². The topological polar surface area (TPSA) is 81.7 Å². The Hall–Kier alpha value is -2.70. The molecule has 214 valence electrons. The summed E-state index contributed by atoms with van der Waals surface area (Å²) in [6.45, 7) is 9.84. The van der Waals surface area contributed by atoms with Crippen molar-refractivity contribution >= 4 is 17.5 Å². The fourth-order valence-corrected chi connectivity index (χ4v) is 5.27. The van der Waals surface area contributed by atoms with Gasteiger partial charge in [0, 0.05) is 36.8 Å². The van der Waals surface area contributed by atoms with Crippen LogP contribution in [-0.4, -0.2) is 48.2 Å². The van der Waals surface area contributed by atoms with Crippen LogP contribution in [-0.2, 0) is 17.6 Å². The van der Waals surface area contributed by atoms with Gasteiger partial charge < -0.3 is 20.6 Å². The Bertz CT molecular complexity index is 1040. The summed E-state index contributed by atoms with van der Waals surface area (Å²) in [4.78, 5) is 28.1. The van der Waals surface area contributed by atoms with Crippen LogP contribution in [0, 0.1) is 5.92 Å². The van der Waals surface area contributed by atoms with Crippen molar-refractivity contribution in [1.29, 1.82) is 0 Å². The van der Waals surface area contributed by atoms with Crippen molar-refractivity contribution < 1.29 is 14.7 Å². The summed E-state index contributed by atoms with van der Waals surface area (Å²) in [6.07, 6.45) is 7.43. The number of aliphatic hydroxyl groups is 1. The molecule has 0 saturated carbocycles. The molecule has 3 atom stereocenters. The van der Waals surface area contributed by atoms with Crippen LogP contribution in [0.1, 0.15) is 94.1 Å². The minimum absolute atomic E-state index is 0.118. The number of benzene rings is 2. The van der Waals surface area contributed by atoms with Crippen LogP contribution in [0.2, 0.25) is 0 Å². The average molecular weight is 536 g/mol. The predicted octanol–water partition coefficient (Wildman–Crippen LogP) is 5.66. The van der Waals surface area contributed by atoms with Crippen molar-refractivity contribution in [3.05, 3.63) is 65.2 Å². The molecule has 0 radical (unpaired) electrons. The van der Waals surface area contributed by atoms with E-state index < -0.39 is 12.1 Å². The van der Waals surface area contributed by atoms with Crippen molar-refractivity contribution in [2.45, 2.75) is 104 Å². The van der Waals surface area contributed by atoms with E-state index in [1.165, 1.54) is 6.42 Å².